The molecule has 0 saturated carbocycles. The number of nitrogens with zero attached hydrogens (tertiary/aromatic N) is 2. The third-order valence-corrected chi connectivity index (χ3v) is 5.04. The lowest BCUT2D eigenvalue weighted by Crippen LogP contribution is -2.25. The number of aliphatic hydroxyl groups is 1. The van der Waals surface area contributed by atoms with Gasteiger partial charge in [-0.15, -0.1) is 0 Å². The van der Waals surface area contributed by atoms with Gasteiger partial charge in [-0.05, 0) is 59.3 Å². The first kappa shape index (κ1) is 16.0. The van der Waals surface area contributed by atoms with Crippen molar-refractivity contribution in [1.29, 1.82) is 0 Å². The average Bonchev–Trinajstić information content (AvgIpc) is 3.24. The number of carbonyl (C=O) groups excluding carboxylic acids is 1. The van der Waals surface area contributed by atoms with Gasteiger partial charge in [0, 0.05) is 18.7 Å². The molecule has 1 aromatic carbocycles. The van der Waals surface area contributed by atoms with Crippen LogP contribution in [0.2, 0.25) is 0 Å². The summed E-state index contributed by atoms with van der Waals surface area (Å²) in [6.07, 6.45) is 1.52. The maximum atomic E-state index is 12.2. The Hall–Kier alpha value is -1.83. The third kappa shape index (κ3) is 3.93. The molecule has 3 rings (SSSR count). The highest BCUT2D eigenvalue weighted by atomic mass is 32.1. The molecule has 2 N–H and O–H groups in total. The van der Waals surface area contributed by atoms with Crippen molar-refractivity contribution in [3.8, 4) is 0 Å². The van der Waals surface area contributed by atoms with E-state index >= 15 is 0 Å². The standard InChI is InChI=1S/C16H17N3O2S2/c20-7-4-11(13-5-8-22-10-13)3-6-17-16(21)12-1-2-14-15(9-12)19-23-18-14/h1-2,5,8-11,20H,3-4,6-7H2,(H,17,21). The minimum absolute atomic E-state index is 0.104. The van der Waals surface area contributed by atoms with Crippen molar-refractivity contribution in [2.75, 3.05) is 13.2 Å². The fraction of sp³-hybridized carbons (Fsp3) is 0.312. The van der Waals surface area contributed by atoms with E-state index in [2.05, 4.69) is 25.5 Å². The lowest BCUT2D eigenvalue weighted by Gasteiger charge is -2.15. The molecule has 0 aliphatic rings. The van der Waals surface area contributed by atoms with Gasteiger partial charge in [0.15, 0.2) is 0 Å². The van der Waals surface area contributed by atoms with Gasteiger partial charge in [-0.25, -0.2) is 0 Å². The van der Waals surface area contributed by atoms with Crippen LogP contribution in [0.4, 0.5) is 0 Å². The first-order chi connectivity index (χ1) is 11.3. The molecule has 5 nitrogen and oxygen atoms in total. The summed E-state index contributed by atoms with van der Waals surface area (Å²) in [4.78, 5) is 12.2. The van der Waals surface area contributed by atoms with Gasteiger partial charge >= 0.3 is 0 Å². The summed E-state index contributed by atoms with van der Waals surface area (Å²) in [6.45, 7) is 0.731. The van der Waals surface area contributed by atoms with Gasteiger partial charge in [0.1, 0.15) is 11.0 Å². The summed E-state index contributed by atoms with van der Waals surface area (Å²) in [7, 11) is 0. The monoisotopic (exact) mass is 347 g/mol. The van der Waals surface area contributed by atoms with E-state index in [9.17, 15) is 9.90 Å². The largest absolute Gasteiger partial charge is 0.396 e. The summed E-state index contributed by atoms with van der Waals surface area (Å²) in [6, 6.07) is 7.42. The zero-order valence-electron chi connectivity index (χ0n) is 12.4. The molecule has 1 amide bonds. The molecule has 3 aromatic rings. The Kier molecular flexibility index (Phi) is 5.32. The van der Waals surface area contributed by atoms with Crippen molar-refractivity contribution >= 4 is 40.0 Å². The van der Waals surface area contributed by atoms with Crippen molar-refractivity contribution in [2.45, 2.75) is 18.8 Å². The van der Waals surface area contributed by atoms with Crippen LogP contribution in [-0.4, -0.2) is 32.9 Å². The van der Waals surface area contributed by atoms with Crippen LogP contribution in [0.5, 0.6) is 0 Å². The second-order valence-corrected chi connectivity index (χ2v) is 6.59. The Morgan fingerprint density at radius 2 is 2.09 bits per heavy atom. The lowest BCUT2D eigenvalue weighted by atomic mass is 9.95. The van der Waals surface area contributed by atoms with E-state index in [0.29, 0.717) is 18.5 Å². The van der Waals surface area contributed by atoms with Crippen molar-refractivity contribution in [2.24, 2.45) is 0 Å². The second-order valence-electron chi connectivity index (χ2n) is 5.28. The number of nitrogens with one attached hydrogen (secondary N) is 1. The van der Waals surface area contributed by atoms with Crippen molar-refractivity contribution < 1.29 is 9.90 Å². The second kappa shape index (κ2) is 7.63. The van der Waals surface area contributed by atoms with Gasteiger partial charge in [0.05, 0.1) is 11.7 Å². The minimum Gasteiger partial charge on any atom is -0.396 e. The molecule has 0 aliphatic heterocycles. The van der Waals surface area contributed by atoms with Gasteiger partial charge < -0.3 is 10.4 Å². The predicted molar refractivity (Wildman–Crippen MR) is 93.1 cm³/mol. The lowest BCUT2D eigenvalue weighted by molar-refractivity contribution is 0.0952. The Bertz CT molecular complexity index is 771. The smallest absolute Gasteiger partial charge is 0.251 e. The maximum Gasteiger partial charge on any atom is 0.251 e. The summed E-state index contributed by atoms with van der Waals surface area (Å²) in [5.74, 6) is 0.171. The number of rotatable bonds is 7. The van der Waals surface area contributed by atoms with Gasteiger partial charge in [-0.1, -0.05) is 0 Å². The fourth-order valence-corrected chi connectivity index (χ4v) is 3.79. The Balaban J connectivity index is 1.57. The molecule has 2 aromatic heterocycles. The third-order valence-electron chi connectivity index (χ3n) is 3.79. The molecule has 0 spiro atoms. The zero-order valence-corrected chi connectivity index (χ0v) is 14.1. The van der Waals surface area contributed by atoms with Crippen LogP contribution in [0.15, 0.2) is 35.0 Å². The first-order valence-electron chi connectivity index (χ1n) is 7.41. The number of hydrogen-bond acceptors (Lipinski definition) is 6. The van der Waals surface area contributed by atoms with Gasteiger partial charge in [-0.2, -0.15) is 20.1 Å². The Morgan fingerprint density at radius 3 is 2.87 bits per heavy atom. The molecule has 7 heteroatoms. The van der Waals surface area contributed by atoms with E-state index in [1.807, 2.05) is 11.4 Å². The number of thiophene rings is 1. The molecular formula is C16H17N3O2S2. The molecule has 0 aliphatic carbocycles. The van der Waals surface area contributed by atoms with Crippen molar-refractivity contribution in [1.82, 2.24) is 14.1 Å². The van der Waals surface area contributed by atoms with E-state index in [1.54, 1.807) is 23.5 Å². The Labute approximate surface area is 142 Å². The van der Waals surface area contributed by atoms with Crippen LogP contribution < -0.4 is 5.32 Å². The number of carbonyl (C=O) groups is 1. The van der Waals surface area contributed by atoms with Crippen molar-refractivity contribution in [3.63, 3.8) is 0 Å². The summed E-state index contributed by atoms with van der Waals surface area (Å²) in [5, 5.41) is 16.3. The highest BCUT2D eigenvalue weighted by Gasteiger charge is 2.13. The molecule has 0 fully saturated rings. The normalized spacial score (nSPS) is 12.4. The molecule has 0 saturated heterocycles. The van der Waals surface area contributed by atoms with E-state index in [0.717, 1.165) is 29.2 Å². The highest BCUT2D eigenvalue weighted by Crippen LogP contribution is 2.24. The minimum atomic E-state index is -0.104. The predicted octanol–water partition coefficient (Wildman–Crippen LogP) is 3.04. The van der Waals surface area contributed by atoms with E-state index < -0.39 is 0 Å². The van der Waals surface area contributed by atoms with Crippen LogP contribution >= 0.6 is 23.1 Å². The highest BCUT2D eigenvalue weighted by molar-refractivity contribution is 7.08. The van der Waals surface area contributed by atoms with E-state index in [4.69, 9.17) is 0 Å². The Morgan fingerprint density at radius 1 is 1.22 bits per heavy atom. The molecule has 23 heavy (non-hydrogen) atoms. The van der Waals surface area contributed by atoms with Crippen molar-refractivity contribution in [3.05, 3.63) is 46.2 Å². The number of amides is 1. The maximum absolute atomic E-state index is 12.2. The van der Waals surface area contributed by atoms with Crippen LogP contribution in [0, 0.1) is 0 Å². The van der Waals surface area contributed by atoms with E-state index in [1.165, 1.54) is 5.56 Å². The number of fused-ring (bicyclic) bond motifs is 1. The molecule has 0 radical (unpaired) electrons. The van der Waals surface area contributed by atoms with Crippen LogP contribution in [0.25, 0.3) is 11.0 Å². The molecule has 1 atom stereocenters. The topological polar surface area (TPSA) is 75.1 Å². The SMILES string of the molecule is O=C(NCCC(CCO)c1ccsc1)c1ccc2nsnc2c1. The van der Waals surface area contributed by atoms with E-state index in [-0.39, 0.29) is 18.4 Å². The first-order valence-corrected chi connectivity index (χ1v) is 9.08. The van der Waals surface area contributed by atoms with Crippen LogP contribution in [0.1, 0.15) is 34.7 Å². The van der Waals surface area contributed by atoms with Crippen LogP contribution in [0.3, 0.4) is 0 Å². The summed E-state index contributed by atoms with van der Waals surface area (Å²) in [5.41, 5.74) is 3.39. The molecule has 1 unspecified atom stereocenters. The number of aromatic nitrogens is 2. The molecule has 120 valence electrons. The zero-order chi connectivity index (χ0) is 16.1. The fourth-order valence-electron chi connectivity index (χ4n) is 2.53. The number of hydrogen-bond donors (Lipinski definition) is 2. The quantitative estimate of drug-likeness (QED) is 0.689. The summed E-state index contributed by atoms with van der Waals surface area (Å²) >= 11 is 2.80. The number of aliphatic hydroxyl groups excluding tert-OH is 1. The number of benzene rings is 1. The van der Waals surface area contributed by atoms with Gasteiger partial charge in [0.2, 0.25) is 0 Å². The van der Waals surface area contributed by atoms with Gasteiger partial charge in [0.25, 0.3) is 5.91 Å². The molecular weight excluding hydrogens is 330 g/mol. The van der Waals surface area contributed by atoms with Crippen LogP contribution in [-0.2, 0) is 0 Å². The summed E-state index contributed by atoms with van der Waals surface area (Å²) < 4.78 is 8.28. The molecule has 0 bridgehead atoms. The average molecular weight is 347 g/mol. The molecule has 2 heterocycles. The van der Waals surface area contributed by atoms with Gasteiger partial charge in [-0.3, -0.25) is 4.79 Å².